The molecule has 1 aromatic heterocycles. The van der Waals surface area contributed by atoms with Crippen molar-refractivity contribution in [2.45, 2.75) is 51.0 Å². The van der Waals surface area contributed by atoms with Gasteiger partial charge in [0, 0.05) is 11.6 Å². The van der Waals surface area contributed by atoms with Gasteiger partial charge in [0.1, 0.15) is 0 Å². The van der Waals surface area contributed by atoms with E-state index in [2.05, 4.69) is 17.1 Å². The lowest BCUT2D eigenvalue weighted by atomic mass is 9.83. The minimum absolute atomic E-state index is 0.346. The largest absolute Gasteiger partial charge is 0.388 e. The summed E-state index contributed by atoms with van der Waals surface area (Å²) in [5, 5.41) is 11.9. The number of hydrogen-bond acceptors (Lipinski definition) is 2. The molecule has 1 unspecified atom stereocenters. The molecular formula is C18H23NO. The SMILES string of the molecule is OC(c1cccc2ncccc12)C1CCCCCCC1. The van der Waals surface area contributed by atoms with E-state index in [4.69, 9.17) is 0 Å². The number of rotatable bonds is 2. The molecule has 1 atom stereocenters. The van der Waals surface area contributed by atoms with Gasteiger partial charge in [0.15, 0.2) is 0 Å². The van der Waals surface area contributed by atoms with Gasteiger partial charge in [-0.25, -0.2) is 0 Å². The van der Waals surface area contributed by atoms with Crippen molar-refractivity contribution in [2.75, 3.05) is 0 Å². The fourth-order valence-electron chi connectivity index (χ4n) is 3.44. The summed E-state index contributed by atoms with van der Waals surface area (Å²) in [6, 6.07) is 10.1. The van der Waals surface area contributed by atoms with Gasteiger partial charge in [-0.3, -0.25) is 4.98 Å². The van der Waals surface area contributed by atoms with Gasteiger partial charge in [0.25, 0.3) is 0 Å². The van der Waals surface area contributed by atoms with Gasteiger partial charge in [-0.05, 0) is 36.5 Å². The number of pyridine rings is 1. The van der Waals surface area contributed by atoms with Gasteiger partial charge in [-0.2, -0.15) is 0 Å². The van der Waals surface area contributed by atoms with Gasteiger partial charge >= 0.3 is 0 Å². The number of hydrogen-bond donors (Lipinski definition) is 1. The molecule has 3 rings (SSSR count). The normalized spacial score (nSPS) is 19.4. The Bertz CT molecular complexity index is 553. The van der Waals surface area contributed by atoms with Gasteiger partial charge in [0.05, 0.1) is 11.6 Å². The highest BCUT2D eigenvalue weighted by Gasteiger charge is 2.22. The maximum absolute atomic E-state index is 10.8. The van der Waals surface area contributed by atoms with Crippen LogP contribution in [0.1, 0.15) is 56.6 Å². The van der Waals surface area contributed by atoms with Crippen LogP contribution in [0.25, 0.3) is 10.9 Å². The monoisotopic (exact) mass is 269 g/mol. The average molecular weight is 269 g/mol. The maximum atomic E-state index is 10.8. The van der Waals surface area contributed by atoms with Crippen LogP contribution in [-0.4, -0.2) is 10.1 Å². The summed E-state index contributed by atoms with van der Waals surface area (Å²) in [6.07, 6.45) is 10.3. The maximum Gasteiger partial charge on any atom is 0.0824 e. The van der Waals surface area contributed by atoms with Crippen LogP contribution in [0.3, 0.4) is 0 Å². The summed E-state index contributed by atoms with van der Waals surface area (Å²) in [5.41, 5.74) is 2.04. The Morgan fingerprint density at radius 2 is 1.70 bits per heavy atom. The molecule has 2 heteroatoms. The van der Waals surface area contributed by atoms with Crippen molar-refractivity contribution in [1.82, 2.24) is 4.98 Å². The average Bonchev–Trinajstić information content (AvgIpc) is 2.46. The molecule has 1 aliphatic carbocycles. The fraction of sp³-hybridized carbons (Fsp3) is 0.500. The third kappa shape index (κ3) is 2.85. The van der Waals surface area contributed by atoms with Crippen LogP contribution in [0, 0.1) is 5.92 Å². The number of aliphatic hydroxyl groups excluding tert-OH is 1. The van der Waals surface area contributed by atoms with E-state index in [1.165, 1.54) is 32.1 Å². The van der Waals surface area contributed by atoms with E-state index in [1.54, 1.807) is 0 Å². The molecule has 0 bridgehead atoms. The molecule has 0 amide bonds. The van der Waals surface area contributed by atoms with E-state index >= 15 is 0 Å². The van der Waals surface area contributed by atoms with Gasteiger partial charge < -0.3 is 5.11 Å². The lowest BCUT2D eigenvalue weighted by Crippen LogP contribution is -2.14. The molecule has 2 nitrogen and oxygen atoms in total. The third-order valence-corrected chi connectivity index (χ3v) is 4.59. The van der Waals surface area contributed by atoms with Crippen LogP contribution >= 0.6 is 0 Å². The van der Waals surface area contributed by atoms with Crippen LogP contribution in [-0.2, 0) is 0 Å². The highest BCUT2D eigenvalue weighted by Crippen LogP contribution is 2.35. The minimum atomic E-state index is -0.346. The molecule has 1 saturated carbocycles. The lowest BCUT2D eigenvalue weighted by Gasteiger charge is -2.26. The Morgan fingerprint density at radius 1 is 0.950 bits per heavy atom. The quantitative estimate of drug-likeness (QED) is 0.862. The Morgan fingerprint density at radius 3 is 2.50 bits per heavy atom. The zero-order valence-corrected chi connectivity index (χ0v) is 12.0. The summed E-state index contributed by atoms with van der Waals surface area (Å²) in [7, 11) is 0. The topological polar surface area (TPSA) is 33.1 Å². The fourth-order valence-corrected chi connectivity index (χ4v) is 3.44. The number of benzene rings is 1. The molecule has 106 valence electrons. The first kappa shape index (κ1) is 13.6. The minimum Gasteiger partial charge on any atom is -0.388 e. The van der Waals surface area contributed by atoms with Crippen molar-refractivity contribution in [2.24, 2.45) is 5.92 Å². The van der Waals surface area contributed by atoms with E-state index in [9.17, 15) is 5.11 Å². The molecule has 0 aliphatic heterocycles. The van der Waals surface area contributed by atoms with Crippen molar-refractivity contribution in [3.63, 3.8) is 0 Å². The summed E-state index contributed by atoms with van der Waals surface area (Å²) < 4.78 is 0. The summed E-state index contributed by atoms with van der Waals surface area (Å²) in [6.45, 7) is 0. The molecule has 2 aromatic rings. The van der Waals surface area contributed by atoms with Crippen molar-refractivity contribution in [3.05, 3.63) is 42.1 Å². The second-order valence-corrected chi connectivity index (χ2v) is 5.97. The molecule has 1 fully saturated rings. The van der Waals surface area contributed by atoms with E-state index in [-0.39, 0.29) is 6.10 Å². The standard InChI is InChI=1S/C18H23NO/c20-18(14-8-4-2-1-3-5-9-14)16-10-6-12-17-15(16)11-7-13-19-17/h6-7,10-14,18,20H,1-5,8-9H2. The van der Waals surface area contributed by atoms with Crippen LogP contribution < -0.4 is 0 Å². The molecule has 1 N–H and O–H groups in total. The number of aliphatic hydroxyl groups is 1. The van der Waals surface area contributed by atoms with E-state index in [0.29, 0.717) is 5.92 Å². The Kier molecular flexibility index (Phi) is 4.31. The second-order valence-electron chi connectivity index (χ2n) is 5.97. The molecule has 1 heterocycles. The van der Waals surface area contributed by atoms with E-state index in [0.717, 1.165) is 29.3 Å². The number of fused-ring (bicyclic) bond motifs is 1. The molecule has 0 radical (unpaired) electrons. The molecule has 20 heavy (non-hydrogen) atoms. The molecule has 1 aliphatic rings. The van der Waals surface area contributed by atoms with Gasteiger partial charge in [0.2, 0.25) is 0 Å². The van der Waals surface area contributed by atoms with Gasteiger partial charge in [-0.15, -0.1) is 0 Å². The van der Waals surface area contributed by atoms with E-state index in [1.807, 2.05) is 24.4 Å². The summed E-state index contributed by atoms with van der Waals surface area (Å²) in [5.74, 6) is 0.404. The zero-order valence-electron chi connectivity index (χ0n) is 12.0. The van der Waals surface area contributed by atoms with Crippen LogP contribution in [0.15, 0.2) is 36.5 Å². The van der Waals surface area contributed by atoms with E-state index < -0.39 is 0 Å². The highest BCUT2D eigenvalue weighted by atomic mass is 16.3. The smallest absolute Gasteiger partial charge is 0.0824 e. The third-order valence-electron chi connectivity index (χ3n) is 4.59. The van der Waals surface area contributed by atoms with Crippen LogP contribution in [0.2, 0.25) is 0 Å². The molecular weight excluding hydrogens is 246 g/mol. The first-order valence-corrected chi connectivity index (χ1v) is 7.88. The number of nitrogens with zero attached hydrogens (tertiary/aromatic N) is 1. The predicted molar refractivity (Wildman–Crippen MR) is 82.5 cm³/mol. The molecule has 0 spiro atoms. The van der Waals surface area contributed by atoms with Crippen molar-refractivity contribution in [1.29, 1.82) is 0 Å². The molecule has 1 aromatic carbocycles. The van der Waals surface area contributed by atoms with Crippen molar-refractivity contribution < 1.29 is 5.11 Å². The lowest BCUT2D eigenvalue weighted by molar-refractivity contribution is 0.0925. The first-order valence-electron chi connectivity index (χ1n) is 7.88. The van der Waals surface area contributed by atoms with Crippen molar-refractivity contribution >= 4 is 10.9 Å². The molecule has 0 saturated heterocycles. The van der Waals surface area contributed by atoms with Crippen LogP contribution in [0.5, 0.6) is 0 Å². The summed E-state index contributed by atoms with van der Waals surface area (Å²) in [4.78, 5) is 4.39. The highest BCUT2D eigenvalue weighted by molar-refractivity contribution is 5.82. The van der Waals surface area contributed by atoms with Crippen molar-refractivity contribution in [3.8, 4) is 0 Å². The summed E-state index contributed by atoms with van der Waals surface area (Å²) >= 11 is 0. The Hall–Kier alpha value is -1.41. The Balaban J connectivity index is 1.89. The second kappa shape index (κ2) is 6.36. The number of aromatic nitrogens is 1. The zero-order chi connectivity index (χ0) is 13.8. The van der Waals surface area contributed by atoms with Gasteiger partial charge in [-0.1, -0.05) is 50.3 Å². The van der Waals surface area contributed by atoms with Crippen LogP contribution in [0.4, 0.5) is 0 Å². The Labute approximate surface area is 120 Å². The predicted octanol–water partition coefficient (Wildman–Crippen LogP) is 4.63. The first-order chi connectivity index (χ1) is 9.86.